The molecule has 2 fully saturated rings. The zero-order valence-electron chi connectivity index (χ0n) is 19.1. The maximum absolute atomic E-state index is 13.3. The fourth-order valence-corrected chi connectivity index (χ4v) is 4.76. The summed E-state index contributed by atoms with van der Waals surface area (Å²) in [5, 5.41) is 22.6. The molecule has 2 aliphatic rings. The number of hydrogen-bond donors (Lipinski definition) is 4. The van der Waals surface area contributed by atoms with Gasteiger partial charge in [0.1, 0.15) is 17.7 Å². The second-order valence-corrected chi connectivity index (χ2v) is 9.66. The Kier molecular flexibility index (Phi) is 7.16. The van der Waals surface area contributed by atoms with Crippen molar-refractivity contribution in [2.75, 3.05) is 5.32 Å². The molecule has 1 aromatic carbocycles. The van der Waals surface area contributed by atoms with E-state index in [0.29, 0.717) is 25.1 Å². The quantitative estimate of drug-likeness (QED) is 0.504. The summed E-state index contributed by atoms with van der Waals surface area (Å²) in [7, 11) is 0. The number of aromatic amines is 1. The van der Waals surface area contributed by atoms with Crippen molar-refractivity contribution in [3.05, 3.63) is 47.2 Å². The minimum Gasteiger partial charge on any atom is -0.446 e. The van der Waals surface area contributed by atoms with Gasteiger partial charge in [0.05, 0.1) is 12.0 Å². The standard InChI is InChI=1S/C24H30F2N4O4/c1-24(33)6-4-18(5-7-24)27-23(32)34-19-3-2-15(11-19)20-13-21(30-29-20)28-22(31)10-14-8-16(25)12-17(26)9-14/h8-9,12-13,15,18-19,33H,2-7,10-11H2,1H3,(H,27,32)(H2,28,29,30,31)/t15-,18-,19?,24-/m0/s1. The minimum atomic E-state index is -0.733. The van der Waals surface area contributed by atoms with Crippen molar-refractivity contribution in [3.8, 4) is 0 Å². The van der Waals surface area contributed by atoms with Crippen molar-refractivity contribution in [1.82, 2.24) is 15.5 Å². The van der Waals surface area contributed by atoms with Crippen LogP contribution in [0.5, 0.6) is 0 Å². The van der Waals surface area contributed by atoms with Crippen LogP contribution in [-0.4, -0.2) is 45.1 Å². The Morgan fingerprint density at radius 2 is 1.85 bits per heavy atom. The number of amides is 2. The lowest BCUT2D eigenvalue weighted by Crippen LogP contribution is -2.43. The van der Waals surface area contributed by atoms with E-state index in [4.69, 9.17) is 4.74 Å². The summed E-state index contributed by atoms with van der Waals surface area (Å²) < 4.78 is 32.2. The van der Waals surface area contributed by atoms with E-state index >= 15 is 0 Å². The number of hydrogen-bond acceptors (Lipinski definition) is 5. The predicted molar refractivity (Wildman–Crippen MR) is 120 cm³/mol. The van der Waals surface area contributed by atoms with E-state index in [0.717, 1.165) is 49.6 Å². The van der Waals surface area contributed by atoms with Crippen LogP contribution in [0.3, 0.4) is 0 Å². The normalized spacial score (nSPS) is 26.8. The Hall–Kier alpha value is -3.01. The van der Waals surface area contributed by atoms with Crippen LogP contribution in [0.25, 0.3) is 0 Å². The number of H-pyrrole nitrogens is 1. The first kappa shape index (κ1) is 24.1. The maximum Gasteiger partial charge on any atom is 0.407 e. The molecule has 2 atom stereocenters. The molecule has 1 aromatic heterocycles. The van der Waals surface area contributed by atoms with Crippen LogP contribution >= 0.6 is 0 Å². The molecule has 0 spiro atoms. The molecule has 2 aliphatic carbocycles. The second kappa shape index (κ2) is 10.1. The summed E-state index contributed by atoms with van der Waals surface area (Å²) in [5.41, 5.74) is 0.409. The van der Waals surface area contributed by atoms with Gasteiger partial charge in [-0.15, -0.1) is 0 Å². The number of rotatable bonds is 6. The summed E-state index contributed by atoms with van der Waals surface area (Å²) in [6.07, 6.45) is 4.13. The summed E-state index contributed by atoms with van der Waals surface area (Å²) in [6.45, 7) is 1.82. The van der Waals surface area contributed by atoms with Gasteiger partial charge in [0.25, 0.3) is 0 Å². The topological polar surface area (TPSA) is 116 Å². The number of aliphatic hydroxyl groups is 1. The second-order valence-electron chi connectivity index (χ2n) is 9.66. The summed E-state index contributed by atoms with van der Waals surface area (Å²) in [6, 6.07) is 4.74. The smallest absolute Gasteiger partial charge is 0.407 e. The van der Waals surface area contributed by atoms with Crippen LogP contribution in [0.4, 0.5) is 19.4 Å². The third-order valence-corrected chi connectivity index (χ3v) is 6.63. The van der Waals surface area contributed by atoms with Crippen LogP contribution in [0.15, 0.2) is 24.3 Å². The van der Waals surface area contributed by atoms with Crippen LogP contribution in [0.2, 0.25) is 0 Å². The van der Waals surface area contributed by atoms with Crippen molar-refractivity contribution in [1.29, 1.82) is 0 Å². The molecule has 0 aliphatic heterocycles. The first-order valence-corrected chi connectivity index (χ1v) is 11.6. The van der Waals surface area contributed by atoms with Gasteiger partial charge in [0.15, 0.2) is 5.82 Å². The molecule has 1 heterocycles. The molecule has 34 heavy (non-hydrogen) atoms. The highest BCUT2D eigenvalue weighted by molar-refractivity contribution is 5.91. The number of nitrogens with one attached hydrogen (secondary N) is 3. The largest absolute Gasteiger partial charge is 0.446 e. The lowest BCUT2D eigenvalue weighted by molar-refractivity contribution is -0.115. The van der Waals surface area contributed by atoms with Crippen molar-refractivity contribution >= 4 is 17.8 Å². The number of carbonyl (C=O) groups excluding carboxylic acids is 2. The Labute approximate surface area is 196 Å². The van der Waals surface area contributed by atoms with Gasteiger partial charge in [-0.25, -0.2) is 13.6 Å². The third-order valence-electron chi connectivity index (χ3n) is 6.63. The average Bonchev–Trinajstić information content (AvgIpc) is 3.38. The number of alkyl carbamates (subject to hydrolysis) is 1. The highest BCUT2D eigenvalue weighted by atomic mass is 19.1. The van der Waals surface area contributed by atoms with Crippen molar-refractivity contribution < 1.29 is 28.2 Å². The molecule has 8 nitrogen and oxygen atoms in total. The monoisotopic (exact) mass is 476 g/mol. The zero-order valence-corrected chi connectivity index (χ0v) is 19.1. The highest BCUT2D eigenvalue weighted by Crippen LogP contribution is 2.36. The Morgan fingerprint density at radius 3 is 2.56 bits per heavy atom. The molecule has 184 valence electrons. The summed E-state index contributed by atoms with van der Waals surface area (Å²) >= 11 is 0. The van der Waals surface area contributed by atoms with Crippen LogP contribution in [-0.2, 0) is 16.0 Å². The van der Waals surface area contributed by atoms with Crippen LogP contribution in [0, 0.1) is 11.6 Å². The van der Waals surface area contributed by atoms with E-state index in [9.17, 15) is 23.5 Å². The van der Waals surface area contributed by atoms with E-state index in [1.165, 1.54) is 0 Å². The number of benzene rings is 1. The lowest BCUT2D eigenvalue weighted by Gasteiger charge is -2.33. The van der Waals surface area contributed by atoms with E-state index in [2.05, 4.69) is 20.8 Å². The predicted octanol–water partition coefficient (Wildman–Crippen LogP) is 3.93. The average molecular weight is 477 g/mol. The van der Waals surface area contributed by atoms with Crippen LogP contribution < -0.4 is 10.6 Å². The van der Waals surface area contributed by atoms with Gasteiger partial charge >= 0.3 is 6.09 Å². The molecule has 10 heteroatoms. The van der Waals surface area contributed by atoms with Gasteiger partial charge in [-0.2, -0.15) is 5.10 Å². The Morgan fingerprint density at radius 1 is 1.15 bits per heavy atom. The SMILES string of the molecule is C[C@]1(O)CC[C@H](NC(=O)OC2CC[C@H](c3cc(NC(=O)Cc4cc(F)cc(F)c4)n[nH]3)C2)CC1. The number of aromatic nitrogens is 2. The number of halogens is 2. The fourth-order valence-electron chi connectivity index (χ4n) is 4.76. The van der Waals surface area contributed by atoms with E-state index in [1.54, 1.807) is 6.07 Å². The van der Waals surface area contributed by atoms with Gasteiger partial charge in [-0.3, -0.25) is 9.89 Å². The van der Waals surface area contributed by atoms with Crippen molar-refractivity contribution in [2.45, 2.75) is 82.0 Å². The summed E-state index contributed by atoms with van der Waals surface area (Å²) in [5.74, 6) is -1.46. The number of nitrogens with zero attached hydrogens (tertiary/aromatic N) is 1. The maximum atomic E-state index is 13.3. The van der Waals surface area contributed by atoms with Crippen molar-refractivity contribution in [2.24, 2.45) is 0 Å². The molecule has 1 unspecified atom stereocenters. The number of ether oxygens (including phenoxy) is 1. The lowest BCUT2D eigenvalue weighted by atomic mass is 9.84. The fraction of sp³-hybridized carbons (Fsp3) is 0.542. The number of carbonyl (C=O) groups is 2. The Bertz CT molecular complexity index is 1010. The summed E-state index contributed by atoms with van der Waals surface area (Å²) in [4.78, 5) is 24.5. The van der Waals surface area contributed by atoms with Gasteiger partial charge < -0.3 is 20.5 Å². The van der Waals surface area contributed by atoms with Gasteiger partial charge in [-0.05, 0) is 69.6 Å². The molecule has 2 saturated carbocycles. The third kappa shape index (κ3) is 6.53. The van der Waals surface area contributed by atoms with E-state index in [-0.39, 0.29) is 30.0 Å². The highest BCUT2D eigenvalue weighted by Gasteiger charge is 2.32. The Balaban J connectivity index is 1.22. The molecular weight excluding hydrogens is 446 g/mol. The molecule has 4 rings (SSSR count). The molecule has 0 saturated heterocycles. The van der Waals surface area contributed by atoms with Gasteiger partial charge in [-0.1, -0.05) is 0 Å². The molecular formula is C24H30F2N4O4. The van der Waals surface area contributed by atoms with E-state index < -0.39 is 29.2 Å². The van der Waals surface area contributed by atoms with E-state index in [1.807, 2.05) is 6.92 Å². The first-order chi connectivity index (χ1) is 16.1. The van der Waals surface area contributed by atoms with Gasteiger partial charge in [0, 0.05) is 29.8 Å². The molecule has 0 bridgehead atoms. The first-order valence-electron chi connectivity index (χ1n) is 11.6. The molecule has 0 radical (unpaired) electrons. The zero-order chi connectivity index (χ0) is 24.3. The van der Waals surface area contributed by atoms with Crippen LogP contribution in [0.1, 0.15) is 69.0 Å². The minimum absolute atomic E-state index is 0.0209. The van der Waals surface area contributed by atoms with Crippen molar-refractivity contribution in [3.63, 3.8) is 0 Å². The van der Waals surface area contributed by atoms with Gasteiger partial charge in [0.2, 0.25) is 5.91 Å². The number of anilines is 1. The molecule has 2 amide bonds. The molecule has 4 N–H and O–H groups in total. The molecule has 2 aromatic rings.